The minimum Gasteiger partial charge on any atom is -0.508 e. The van der Waals surface area contributed by atoms with Gasteiger partial charge in [0.1, 0.15) is 5.75 Å². The average molecular weight is 213 g/mol. The van der Waals surface area contributed by atoms with Crippen LogP contribution < -0.4 is 5.32 Å². The molecule has 1 aliphatic heterocycles. The van der Waals surface area contributed by atoms with Crippen molar-refractivity contribution in [1.82, 2.24) is 5.32 Å². The van der Waals surface area contributed by atoms with Gasteiger partial charge in [-0.15, -0.1) is 0 Å². The quantitative estimate of drug-likeness (QED) is 0.751. The maximum absolute atomic E-state index is 12.9. The molecule has 2 rings (SSSR count). The average Bonchev–Trinajstić information content (AvgIpc) is 2.19. The van der Waals surface area contributed by atoms with Crippen LogP contribution in [0.3, 0.4) is 0 Å². The van der Waals surface area contributed by atoms with Crippen molar-refractivity contribution in [2.24, 2.45) is 0 Å². The Balaban J connectivity index is 2.11. The third-order valence-corrected chi connectivity index (χ3v) is 2.72. The van der Waals surface area contributed by atoms with E-state index in [1.165, 1.54) is 0 Å². The molecule has 1 atom stereocenters. The second-order valence-corrected chi connectivity index (χ2v) is 3.89. The SMILES string of the molecule is Oc1ccccc1C1CCC(F)(F)CN1. The molecule has 82 valence electrons. The molecule has 0 saturated carbocycles. The molecule has 1 fully saturated rings. The number of hydrogen-bond donors (Lipinski definition) is 2. The summed E-state index contributed by atoms with van der Waals surface area (Å²) in [5.74, 6) is -2.44. The van der Waals surface area contributed by atoms with Crippen LogP contribution in [0.4, 0.5) is 8.78 Å². The van der Waals surface area contributed by atoms with E-state index in [4.69, 9.17) is 0 Å². The third-order valence-electron chi connectivity index (χ3n) is 2.72. The lowest BCUT2D eigenvalue weighted by Gasteiger charge is -2.30. The Morgan fingerprint density at radius 2 is 2.07 bits per heavy atom. The predicted molar refractivity (Wildman–Crippen MR) is 53.0 cm³/mol. The summed E-state index contributed by atoms with van der Waals surface area (Å²) >= 11 is 0. The van der Waals surface area contributed by atoms with Crippen molar-refractivity contribution >= 4 is 0 Å². The number of nitrogens with one attached hydrogen (secondary N) is 1. The molecular formula is C11H13F2NO. The molecule has 15 heavy (non-hydrogen) atoms. The second-order valence-electron chi connectivity index (χ2n) is 3.89. The molecule has 0 bridgehead atoms. The molecule has 4 heteroatoms. The van der Waals surface area contributed by atoms with Crippen LogP contribution >= 0.6 is 0 Å². The standard InChI is InChI=1S/C11H13F2NO/c12-11(13)6-5-9(14-7-11)8-3-1-2-4-10(8)15/h1-4,9,14-15H,5-7H2. The van der Waals surface area contributed by atoms with E-state index in [1.54, 1.807) is 24.3 Å². The predicted octanol–water partition coefficient (Wildman–Crippen LogP) is 2.45. The van der Waals surface area contributed by atoms with Crippen molar-refractivity contribution in [3.8, 4) is 5.75 Å². The summed E-state index contributed by atoms with van der Waals surface area (Å²) in [6.07, 6.45) is 0.226. The zero-order valence-electron chi connectivity index (χ0n) is 8.21. The van der Waals surface area contributed by atoms with Crippen LogP contribution in [0.5, 0.6) is 5.75 Å². The van der Waals surface area contributed by atoms with Gasteiger partial charge in [-0.3, -0.25) is 0 Å². The smallest absolute Gasteiger partial charge is 0.260 e. The van der Waals surface area contributed by atoms with Gasteiger partial charge in [-0.25, -0.2) is 8.78 Å². The summed E-state index contributed by atoms with van der Waals surface area (Å²) in [5, 5.41) is 12.3. The maximum atomic E-state index is 12.9. The van der Waals surface area contributed by atoms with Crippen LogP contribution in [0.1, 0.15) is 24.4 Å². The van der Waals surface area contributed by atoms with Gasteiger partial charge in [0.2, 0.25) is 0 Å². The van der Waals surface area contributed by atoms with E-state index >= 15 is 0 Å². The van der Waals surface area contributed by atoms with Crippen molar-refractivity contribution in [3.63, 3.8) is 0 Å². The summed E-state index contributed by atoms with van der Waals surface area (Å²) in [6.45, 7) is -0.313. The first kappa shape index (κ1) is 10.4. The van der Waals surface area contributed by atoms with Gasteiger partial charge in [-0.2, -0.15) is 0 Å². The molecule has 0 aromatic heterocycles. The molecule has 1 saturated heterocycles. The Morgan fingerprint density at radius 1 is 1.33 bits per heavy atom. The van der Waals surface area contributed by atoms with E-state index in [2.05, 4.69) is 5.32 Å². The summed E-state index contributed by atoms with van der Waals surface area (Å²) in [7, 11) is 0. The van der Waals surface area contributed by atoms with Gasteiger partial charge in [-0.1, -0.05) is 18.2 Å². The van der Waals surface area contributed by atoms with Crippen LogP contribution in [0.2, 0.25) is 0 Å². The Morgan fingerprint density at radius 3 is 2.67 bits per heavy atom. The van der Waals surface area contributed by atoms with Gasteiger partial charge < -0.3 is 10.4 Å². The topological polar surface area (TPSA) is 32.3 Å². The zero-order valence-corrected chi connectivity index (χ0v) is 8.21. The molecule has 0 aliphatic carbocycles. The first-order valence-corrected chi connectivity index (χ1v) is 4.98. The number of piperidine rings is 1. The number of alkyl halides is 2. The summed E-state index contributed by atoms with van der Waals surface area (Å²) in [6, 6.07) is 6.69. The Kier molecular flexibility index (Phi) is 2.61. The van der Waals surface area contributed by atoms with E-state index in [9.17, 15) is 13.9 Å². The second kappa shape index (κ2) is 3.77. The molecule has 0 radical (unpaired) electrons. The lowest BCUT2D eigenvalue weighted by molar-refractivity contribution is -0.0304. The number of benzene rings is 1. The van der Waals surface area contributed by atoms with Crippen molar-refractivity contribution in [1.29, 1.82) is 0 Å². The Labute approximate surface area is 86.9 Å². The van der Waals surface area contributed by atoms with Crippen LogP contribution in [-0.2, 0) is 0 Å². The van der Waals surface area contributed by atoms with Gasteiger partial charge in [-0.05, 0) is 12.5 Å². The number of phenolic OH excluding ortho intramolecular Hbond substituents is 1. The number of hydrogen-bond acceptors (Lipinski definition) is 2. The molecule has 2 nitrogen and oxygen atoms in total. The van der Waals surface area contributed by atoms with Crippen LogP contribution in [-0.4, -0.2) is 17.6 Å². The van der Waals surface area contributed by atoms with Gasteiger partial charge >= 0.3 is 0 Å². The van der Waals surface area contributed by atoms with Crippen molar-refractivity contribution in [2.75, 3.05) is 6.54 Å². The van der Waals surface area contributed by atoms with E-state index in [1.807, 2.05) is 0 Å². The Hall–Kier alpha value is -1.16. The highest BCUT2D eigenvalue weighted by Crippen LogP contribution is 2.34. The molecule has 1 unspecified atom stereocenters. The molecule has 1 aromatic carbocycles. The van der Waals surface area contributed by atoms with E-state index in [0.29, 0.717) is 12.0 Å². The molecule has 0 amide bonds. The minimum atomic E-state index is -2.61. The van der Waals surface area contributed by atoms with Crippen LogP contribution in [0.15, 0.2) is 24.3 Å². The monoisotopic (exact) mass is 213 g/mol. The molecule has 1 aliphatic rings. The Bertz CT molecular complexity index is 344. The fourth-order valence-electron chi connectivity index (χ4n) is 1.87. The number of phenols is 1. The maximum Gasteiger partial charge on any atom is 0.260 e. The minimum absolute atomic E-state index is 0.126. The largest absolute Gasteiger partial charge is 0.508 e. The lowest BCUT2D eigenvalue weighted by atomic mass is 9.95. The molecule has 1 aromatic rings. The first-order chi connectivity index (χ1) is 7.08. The summed E-state index contributed by atoms with van der Waals surface area (Å²) in [4.78, 5) is 0. The summed E-state index contributed by atoms with van der Waals surface area (Å²) < 4.78 is 25.7. The highest BCUT2D eigenvalue weighted by Gasteiger charge is 2.35. The van der Waals surface area contributed by atoms with Gasteiger partial charge in [0, 0.05) is 18.0 Å². The van der Waals surface area contributed by atoms with Gasteiger partial charge in [0.15, 0.2) is 0 Å². The van der Waals surface area contributed by atoms with Crippen molar-refractivity contribution < 1.29 is 13.9 Å². The third kappa shape index (κ3) is 2.26. The van der Waals surface area contributed by atoms with E-state index < -0.39 is 5.92 Å². The molecule has 2 N–H and O–H groups in total. The van der Waals surface area contributed by atoms with Crippen molar-refractivity contribution in [3.05, 3.63) is 29.8 Å². The van der Waals surface area contributed by atoms with Crippen LogP contribution in [0, 0.1) is 0 Å². The fraction of sp³-hybridized carbons (Fsp3) is 0.455. The highest BCUT2D eigenvalue weighted by molar-refractivity contribution is 5.34. The van der Waals surface area contributed by atoms with E-state index in [0.717, 1.165) is 0 Å². The molecular weight excluding hydrogens is 200 g/mol. The lowest BCUT2D eigenvalue weighted by Crippen LogP contribution is -2.40. The number of rotatable bonds is 1. The number of aromatic hydroxyl groups is 1. The number of halogens is 2. The molecule has 0 spiro atoms. The first-order valence-electron chi connectivity index (χ1n) is 4.98. The summed E-state index contributed by atoms with van der Waals surface area (Å²) in [5.41, 5.74) is 0.702. The zero-order chi connectivity index (χ0) is 10.9. The van der Waals surface area contributed by atoms with Crippen LogP contribution in [0.25, 0.3) is 0 Å². The normalized spacial score (nSPS) is 25.1. The van der Waals surface area contributed by atoms with Gasteiger partial charge in [0.05, 0.1) is 6.54 Å². The van der Waals surface area contributed by atoms with Crippen molar-refractivity contribution in [2.45, 2.75) is 24.8 Å². The number of para-hydroxylation sites is 1. The van der Waals surface area contributed by atoms with E-state index in [-0.39, 0.29) is 24.8 Å². The fourth-order valence-corrected chi connectivity index (χ4v) is 1.87. The highest BCUT2D eigenvalue weighted by atomic mass is 19.3. The molecule has 1 heterocycles. The van der Waals surface area contributed by atoms with Gasteiger partial charge in [0.25, 0.3) is 5.92 Å².